The largest absolute Gasteiger partial charge is 0.361 e. The van der Waals surface area contributed by atoms with Gasteiger partial charge in [-0.1, -0.05) is 18.2 Å². The zero-order valence-electron chi connectivity index (χ0n) is 17.4. The van der Waals surface area contributed by atoms with E-state index in [2.05, 4.69) is 17.2 Å². The summed E-state index contributed by atoms with van der Waals surface area (Å²) in [6, 6.07) is 0.520. The first-order valence-electron chi connectivity index (χ1n) is 10.8. The Morgan fingerprint density at radius 2 is 2.00 bits per heavy atom. The van der Waals surface area contributed by atoms with E-state index in [1.807, 2.05) is 23.9 Å². The molecule has 1 unspecified atom stereocenters. The maximum Gasteiger partial charge on any atom is 0.264 e. The van der Waals surface area contributed by atoms with Gasteiger partial charge in [-0.05, 0) is 77.3 Å². The number of likely N-dealkylation sites (N-methyl/N-ethyl adjacent to an activating group) is 1. The van der Waals surface area contributed by atoms with Crippen molar-refractivity contribution in [2.75, 3.05) is 33.7 Å². The van der Waals surface area contributed by atoms with E-state index < -0.39 is 4.75 Å². The van der Waals surface area contributed by atoms with Crippen LogP contribution in [0.2, 0.25) is 0 Å². The Balaban J connectivity index is 1.26. The minimum absolute atomic E-state index is 0.0225. The average Bonchev–Trinajstić information content (AvgIpc) is 3.30. The summed E-state index contributed by atoms with van der Waals surface area (Å²) in [5, 5.41) is 4.46. The maximum absolute atomic E-state index is 12.7. The highest BCUT2D eigenvalue weighted by molar-refractivity contribution is 8.16. The van der Waals surface area contributed by atoms with E-state index in [-0.39, 0.29) is 11.8 Å². The summed E-state index contributed by atoms with van der Waals surface area (Å²) in [7, 11) is 3.85. The Labute approximate surface area is 172 Å². The second-order valence-corrected chi connectivity index (χ2v) is 11.2. The van der Waals surface area contributed by atoms with Gasteiger partial charge in [-0.3, -0.25) is 9.59 Å². The third kappa shape index (κ3) is 4.25. The molecular formula is C21H34N4O2S. The lowest BCUT2D eigenvalue weighted by molar-refractivity contribution is -0.133. The number of nitrogens with one attached hydrogen (secondary N) is 1. The van der Waals surface area contributed by atoms with E-state index in [9.17, 15) is 9.59 Å². The van der Waals surface area contributed by atoms with E-state index in [0.717, 1.165) is 49.4 Å². The first-order chi connectivity index (χ1) is 13.3. The molecular weight excluding hydrogens is 372 g/mol. The highest BCUT2D eigenvalue weighted by Crippen LogP contribution is 2.46. The number of carbonyl (C=O) groups is 2. The predicted molar refractivity (Wildman–Crippen MR) is 113 cm³/mol. The van der Waals surface area contributed by atoms with E-state index >= 15 is 0 Å². The first kappa shape index (κ1) is 20.2. The van der Waals surface area contributed by atoms with Crippen LogP contribution in [0.15, 0.2) is 4.99 Å². The number of hydrogen-bond donors (Lipinski definition) is 1. The molecule has 6 nitrogen and oxygen atoms in total. The summed E-state index contributed by atoms with van der Waals surface area (Å²) in [5.41, 5.74) is 0. The molecule has 2 amide bonds. The van der Waals surface area contributed by atoms with Crippen LogP contribution >= 0.6 is 11.8 Å². The third-order valence-electron chi connectivity index (χ3n) is 7.12. The monoisotopic (exact) mass is 406 g/mol. The average molecular weight is 407 g/mol. The smallest absolute Gasteiger partial charge is 0.264 e. The topological polar surface area (TPSA) is 65.0 Å². The summed E-state index contributed by atoms with van der Waals surface area (Å²) >= 11 is 1.65. The molecule has 0 radical (unpaired) electrons. The molecule has 4 atom stereocenters. The molecule has 2 aliphatic heterocycles. The summed E-state index contributed by atoms with van der Waals surface area (Å²) in [6.45, 7) is 4.15. The van der Waals surface area contributed by atoms with E-state index in [0.29, 0.717) is 18.5 Å². The molecule has 2 aliphatic carbocycles. The molecule has 1 saturated heterocycles. The lowest BCUT2D eigenvalue weighted by Gasteiger charge is -2.35. The van der Waals surface area contributed by atoms with E-state index in [1.54, 1.807) is 11.8 Å². The molecule has 4 aliphatic rings. The standard InChI is InChI=1S/C21H34N4O2S/c1-21(12-14-6-8-25(9-7-14)18(26)13-24(2)3)19(27)23-20(28-21)22-17-11-15-4-5-16(17)10-15/h14-17H,4-13H2,1-3H3,(H,22,23,27)/t15-,16-,17-,21?/m0/s1. The number of rotatable bonds is 5. The molecule has 0 aromatic rings. The van der Waals surface area contributed by atoms with Gasteiger partial charge in [-0.15, -0.1) is 0 Å². The van der Waals surface area contributed by atoms with Gasteiger partial charge in [0.15, 0.2) is 5.17 Å². The molecule has 0 aromatic heterocycles. The van der Waals surface area contributed by atoms with Crippen LogP contribution in [0.5, 0.6) is 0 Å². The van der Waals surface area contributed by atoms with Crippen molar-refractivity contribution in [3.8, 4) is 0 Å². The Bertz CT molecular complexity index is 659. The van der Waals surface area contributed by atoms with Crippen molar-refractivity contribution in [1.29, 1.82) is 0 Å². The fourth-order valence-electron chi connectivity index (χ4n) is 5.57. The number of amidine groups is 1. The van der Waals surface area contributed by atoms with Crippen LogP contribution in [0.4, 0.5) is 0 Å². The van der Waals surface area contributed by atoms with Crippen molar-refractivity contribution in [1.82, 2.24) is 15.1 Å². The molecule has 3 fully saturated rings. The second kappa shape index (κ2) is 7.98. The van der Waals surface area contributed by atoms with E-state index in [1.165, 1.54) is 25.7 Å². The summed E-state index contributed by atoms with van der Waals surface area (Å²) < 4.78 is -0.444. The molecule has 2 heterocycles. The number of amides is 2. The molecule has 156 valence electrons. The number of hydrogen-bond acceptors (Lipinski definition) is 5. The van der Waals surface area contributed by atoms with Gasteiger partial charge in [0, 0.05) is 19.1 Å². The third-order valence-corrected chi connectivity index (χ3v) is 8.32. The van der Waals surface area contributed by atoms with Gasteiger partial charge in [0.25, 0.3) is 5.91 Å². The minimum Gasteiger partial charge on any atom is -0.361 e. The van der Waals surface area contributed by atoms with Crippen molar-refractivity contribution in [2.24, 2.45) is 22.7 Å². The van der Waals surface area contributed by atoms with Crippen LogP contribution in [0, 0.1) is 17.8 Å². The molecule has 1 N–H and O–H groups in total. The fourth-order valence-corrected chi connectivity index (χ4v) is 6.79. The predicted octanol–water partition coefficient (Wildman–Crippen LogP) is 2.34. The molecule has 28 heavy (non-hydrogen) atoms. The quantitative estimate of drug-likeness (QED) is 0.759. The summed E-state index contributed by atoms with van der Waals surface area (Å²) in [6.07, 6.45) is 8.14. The lowest BCUT2D eigenvalue weighted by atomic mass is 9.87. The highest BCUT2D eigenvalue weighted by Gasteiger charge is 2.46. The van der Waals surface area contributed by atoms with Crippen LogP contribution in [-0.4, -0.2) is 71.3 Å². The molecule has 0 spiro atoms. The summed E-state index contributed by atoms with van der Waals surface area (Å²) in [4.78, 5) is 33.2. The van der Waals surface area contributed by atoms with Gasteiger partial charge in [0.1, 0.15) is 4.75 Å². The zero-order valence-corrected chi connectivity index (χ0v) is 18.3. The number of piperidine rings is 1. The number of likely N-dealkylation sites (tertiary alicyclic amines) is 1. The van der Waals surface area contributed by atoms with Gasteiger partial charge < -0.3 is 15.1 Å². The van der Waals surface area contributed by atoms with Crippen LogP contribution in [0.1, 0.15) is 51.9 Å². The number of carbonyl (C=O) groups excluding carboxylic acids is 2. The van der Waals surface area contributed by atoms with Gasteiger partial charge in [0.2, 0.25) is 5.91 Å². The van der Waals surface area contributed by atoms with Crippen LogP contribution < -0.4 is 5.32 Å². The van der Waals surface area contributed by atoms with Crippen molar-refractivity contribution in [2.45, 2.75) is 62.7 Å². The fraction of sp³-hybridized carbons (Fsp3) is 0.857. The Kier molecular flexibility index (Phi) is 5.76. The second-order valence-electron chi connectivity index (χ2n) is 9.75. The Morgan fingerprint density at radius 3 is 2.61 bits per heavy atom. The zero-order chi connectivity index (χ0) is 19.9. The number of nitrogens with zero attached hydrogens (tertiary/aromatic N) is 3. The van der Waals surface area contributed by atoms with Crippen molar-refractivity contribution in [3.05, 3.63) is 0 Å². The molecule has 2 bridgehead atoms. The Morgan fingerprint density at radius 1 is 1.25 bits per heavy atom. The molecule has 4 rings (SSSR count). The van der Waals surface area contributed by atoms with Crippen molar-refractivity contribution < 1.29 is 9.59 Å². The van der Waals surface area contributed by atoms with Gasteiger partial charge >= 0.3 is 0 Å². The maximum atomic E-state index is 12.7. The normalized spacial score (nSPS) is 35.7. The van der Waals surface area contributed by atoms with Crippen molar-refractivity contribution >= 4 is 28.7 Å². The van der Waals surface area contributed by atoms with Crippen LogP contribution in [0.3, 0.4) is 0 Å². The number of aliphatic imine (C=N–C) groups is 1. The minimum atomic E-state index is -0.444. The van der Waals surface area contributed by atoms with Gasteiger partial charge in [-0.25, -0.2) is 0 Å². The molecule has 0 aromatic carbocycles. The Hall–Kier alpha value is -1.08. The summed E-state index contributed by atoms with van der Waals surface area (Å²) in [5.74, 6) is 2.38. The van der Waals surface area contributed by atoms with Crippen LogP contribution in [-0.2, 0) is 9.59 Å². The first-order valence-corrected chi connectivity index (χ1v) is 11.7. The van der Waals surface area contributed by atoms with Crippen molar-refractivity contribution in [3.63, 3.8) is 0 Å². The molecule has 2 saturated carbocycles. The van der Waals surface area contributed by atoms with Gasteiger partial charge in [-0.2, -0.15) is 4.99 Å². The van der Waals surface area contributed by atoms with E-state index in [4.69, 9.17) is 0 Å². The lowest BCUT2D eigenvalue weighted by Crippen LogP contribution is -2.44. The highest BCUT2D eigenvalue weighted by atomic mass is 32.2. The number of thioether (sulfide) groups is 1. The number of fused-ring (bicyclic) bond motifs is 2. The van der Waals surface area contributed by atoms with Crippen LogP contribution in [0.25, 0.3) is 0 Å². The van der Waals surface area contributed by atoms with Gasteiger partial charge in [0.05, 0.1) is 6.54 Å². The SMILES string of the molecule is CN(C)CC(=O)N1CCC(CC2(C)SC(N[C@H]3C[C@H]4CC[C@H]3C4)=NC2=O)CC1. The molecule has 7 heteroatoms.